The third kappa shape index (κ3) is 6.25. The van der Waals surface area contributed by atoms with Gasteiger partial charge in [-0.1, -0.05) is 26.3 Å². The average Bonchev–Trinajstić information content (AvgIpc) is 1.96. The molecule has 0 aromatic rings. The van der Waals surface area contributed by atoms with Gasteiger partial charge < -0.3 is 0 Å². The van der Waals surface area contributed by atoms with Gasteiger partial charge in [-0.3, -0.25) is 0 Å². The first kappa shape index (κ1) is 11.5. The number of halogens is 3. The molecular weight excluding hydrogens is 165 g/mol. The first-order chi connectivity index (χ1) is 5.49. The molecule has 0 radical (unpaired) electrons. The average molecular weight is 180 g/mol. The van der Waals surface area contributed by atoms with Crippen LogP contribution in [-0.2, 0) is 0 Å². The number of hydrogen-bond donors (Lipinski definition) is 0. The van der Waals surface area contributed by atoms with Gasteiger partial charge in [0.15, 0.2) is 0 Å². The van der Waals surface area contributed by atoms with Gasteiger partial charge in [-0.05, 0) is 18.8 Å². The minimum Gasteiger partial charge on any atom is -0.167 e. The van der Waals surface area contributed by atoms with E-state index in [1.807, 2.05) is 13.8 Å². The normalized spacial score (nSPS) is 15.4. The lowest BCUT2D eigenvalue weighted by Crippen LogP contribution is -2.03. The van der Waals surface area contributed by atoms with Crippen molar-refractivity contribution in [3.05, 3.63) is 12.2 Å². The smallest absolute Gasteiger partial charge is 0.167 e. The summed E-state index contributed by atoms with van der Waals surface area (Å²) in [4.78, 5) is 0. The molecule has 0 heterocycles. The molecule has 3 heteroatoms. The van der Waals surface area contributed by atoms with Crippen LogP contribution in [0.1, 0.15) is 33.1 Å². The van der Waals surface area contributed by atoms with E-state index in [-0.39, 0.29) is 5.92 Å². The molecule has 0 bridgehead atoms. The Morgan fingerprint density at radius 3 is 2.17 bits per heavy atom. The van der Waals surface area contributed by atoms with Gasteiger partial charge in [0.05, 0.1) is 0 Å². The molecule has 0 aliphatic heterocycles. The third-order valence-corrected chi connectivity index (χ3v) is 1.74. The third-order valence-electron chi connectivity index (χ3n) is 1.74. The van der Waals surface area contributed by atoms with Crippen molar-refractivity contribution in [2.75, 3.05) is 0 Å². The van der Waals surface area contributed by atoms with Crippen molar-refractivity contribution in [3.8, 4) is 0 Å². The van der Waals surface area contributed by atoms with Crippen molar-refractivity contribution in [1.82, 2.24) is 0 Å². The van der Waals surface area contributed by atoms with E-state index in [2.05, 4.69) is 0 Å². The summed E-state index contributed by atoms with van der Waals surface area (Å²) in [6.45, 7) is 3.88. The second kappa shape index (κ2) is 5.22. The Hall–Kier alpha value is -0.470. The lowest BCUT2D eigenvalue weighted by molar-refractivity contribution is -0.0802. The minimum absolute atomic E-state index is 0.0802. The molecule has 0 fully saturated rings. The molecular formula is C9H15F3. The number of hydrogen-bond acceptors (Lipinski definition) is 0. The van der Waals surface area contributed by atoms with Crippen molar-refractivity contribution in [2.45, 2.75) is 39.3 Å². The first-order valence-electron chi connectivity index (χ1n) is 4.25. The fraction of sp³-hybridized carbons (Fsp3) is 0.778. The van der Waals surface area contributed by atoms with Crippen LogP contribution >= 0.6 is 0 Å². The van der Waals surface area contributed by atoms with Crippen LogP contribution in [0, 0.1) is 5.92 Å². The van der Waals surface area contributed by atoms with E-state index in [4.69, 9.17) is 0 Å². The number of alkyl halides is 3. The molecule has 72 valence electrons. The fourth-order valence-electron chi connectivity index (χ4n) is 1.05. The lowest BCUT2D eigenvalue weighted by atomic mass is 10.0. The Morgan fingerprint density at radius 1 is 1.25 bits per heavy atom. The topological polar surface area (TPSA) is 0 Å². The van der Waals surface area contributed by atoms with E-state index >= 15 is 0 Å². The van der Waals surface area contributed by atoms with Crippen molar-refractivity contribution < 1.29 is 13.2 Å². The second-order valence-corrected chi connectivity index (χ2v) is 2.86. The molecule has 0 saturated carbocycles. The summed E-state index contributed by atoms with van der Waals surface area (Å²) < 4.78 is 35.1. The maximum atomic E-state index is 11.7. The molecule has 0 amide bonds. The Bertz CT molecular complexity index is 135. The zero-order chi connectivity index (χ0) is 9.61. The van der Waals surface area contributed by atoms with Gasteiger partial charge >= 0.3 is 6.18 Å². The quantitative estimate of drug-likeness (QED) is 0.575. The molecule has 1 atom stereocenters. The van der Waals surface area contributed by atoms with Crippen LogP contribution in [-0.4, -0.2) is 6.18 Å². The van der Waals surface area contributed by atoms with E-state index < -0.39 is 6.18 Å². The second-order valence-electron chi connectivity index (χ2n) is 2.86. The molecule has 0 aliphatic carbocycles. The van der Waals surface area contributed by atoms with E-state index in [0.29, 0.717) is 6.08 Å². The standard InChI is InChI=1S/C9H15F3/c1-3-5-8(4-2)6-7-9(10,11)12/h6-8H,3-5H2,1-2H3/b7-6-. The van der Waals surface area contributed by atoms with Crippen LogP contribution in [0.5, 0.6) is 0 Å². The summed E-state index contributed by atoms with van der Waals surface area (Å²) in [6.07, 6.45) is 0.00565. The largest absolute Gasteiger partial charge is 0.409 e. The van der Waals surface area contributed by atoms with E-state index in [9.17, 15) is 13.2 Å². The molecule has 1 unspecified atom stereocenters. The predicted molar refractivity (Wildman–Crippen MR) is 43.9 cm³/mol. The van der Waals surface area contributed by atoms with Gasteiger partial charge in [0.25, 0.3) is 0 Å². The van der Waals surface area contributed by atoms with Gasteiger partial charge in [-0.2, -0.15) is 13.2 Å². The van der Waals surface area contributed by atoms with Crippen LogP contribution in [0.2, 0.25) is 0 Å². The van der Waals surface area contributed by atoms with Crippen molar-refractivity contribution in [1.29, 1.82) is 0 Å². The molecule has 0 aliphatic rings. The van der Waals surface area contributed by atoms with Crippen molar-refractivity contribution in [3.63, 3.8) is 0 Å². The maximum Gasteiger partial charge on any atom is 0.409 e. The molecule has 0 spiro atoms. The Labute approximate surface area is 71.5 Å². The van der Waals surface area contributed by atoms with Crippen LogP contribution in [0.4, 0.5) is 13.2 Å². The summed E-state index contributed by atoms with van der Waals surface area (Å²) in [5.41, 5.74) is 0. The van der Waals surface area contributed by atoms with E-state index in [0.717, 1.165) is 19.3 Å². The van der Waals surface area contributed by atoms with Gasteiger partial charge in [-0.15, -0.1) is 0 Å². The minimum atomic E-state index is -4.15. The molecule has 0 aromatic heterocycles. The summed E-state index contributed by atoms with van der Waals surface area (Å²) in [7, 11) is 0. The lowest BCUT2D eigenvalue weighted by Gasteiger charge is -2.07. The summed E-state index contributed by atoms with van der Waals surface area (Å²) in [6, 6.07) is 0. The highest BCUT2D eigenvalue weighted by Crippen LogP contribution is 2.20. The van der Waals surface area contributed by atoms with Crippen molar-refractivity contribution >= 4 is 0 Å². The zero-order valence-corrected chi connectivity index (χ0v) is 7.49. The zero-order valence-electron chi connectivity index (χ0n) is 7.49. The number of allylic oxidation sites excluding steroid dienone is 2. The SMILES string of the molecule is CCCC(/C=C\C(F)(F)F)CC. The highest BCUT2D eigenvalue weighted by molar-refractivity contribution is 4.92. The van der Waals surface area contributed by atoms with Crippen LogP contribution in [0.25, 0.3) is 0 Å². The van der Waals surface area contributed by atoms with Crippen LogP contribution < -0.4 is 0 Å². The van der Waals surface area contributed by atoms with Gasteiger partial charge in [0.2, 0.25) is 0 Å². The van der Waals surface area contributed by atoms with E-state index in [1.165, 1.54) is 6.08 Å². The predicted octanol–water partition coefficient (Wildman–Crippen LogP) is 3.93. The summed E-state index contributed by atoms with van der Waals surface area (Å²) >= 11 is 0. The Balaban J connectivity index is 3.92. The highest BCUT2D eigenvalue weighted by atomic mass is 19.4. The van der Waals surface area contributed by atoms with Crippen LogP contribution in [0.3, 0.4) is 0 Å². The molecule has 0 N–H and O–H groups in total. The molecule has 0 aromatic carbocycles. The maximum absolute atomic E-state index is 11.7. The molecule has 0 nitrogen and oxygen atoms in total. The molecule has 0 saturated heterocycles. The fourth-order valence-corrected chi connectivity index (χ4v) is 1.05. The highest BCUT2D eigenvalue weighted by Gasteiger charge is 2.22. The van der Waals surface area contributed by atoms with E-state index in [1.54, 1.807) is 0 Å². The Morgan fingerprint density at radius 2 is 1.83 bits per heavy atom. The number of rotatable bonds is 4. The van der Waals surface area contributed by atoms with Gasteiger partial charge in [0.1, 0.15) is 0 Å². The van der Waals surface area contributed by atoms with Crippen LogP contribution in [0.15, 0.2) is 12.2 Å². The van der Waals surface area contributed by atoms with Crippen molar-refractivity contribution in [2.24, 2.45) is 5.92 Å². The van der Waals surface area contributed by atoms with Gasteiger partial charge in [0, 0.05) is 6.08 Å². The summed E-state index contributed by atoms with van der Waals surface area (Å²) in [5, 5.41) is 0. The Kier molecular flexibility index (Phi) is 5.02. The van der Waals surface area contributed by atoms with Gasteiger partial charge in [-0.25, -0.2) is 0 Å². The monoisotopic (exact) mass is 180 g/mol. The molecule has 12 heavy (non-hydrogen) atoms. The molecule has 0 rings (SSSR count). The first-order valence-corrected chi connectivity index (χ1v) is 4.25. The summed E-state index contributed by atoms with van der Waals surface area (Å²) in [5.74, 6) is 0.0802.